The number of rotatable bonds is 1. The maximum absolute atomic E-state index is 11.3. The van der Waals surface area contributed by atoms with Gasteiger partial charge in [0.25, 0.3) is 0 Å². The molecule has 1 amide bonds. The lowest BCUT2D eigenvalue weighted by Crippen LogP contribution is -2.48. The fourth-order valence-corrected chi connectivity index (χ4v) is 2.69. The van der Waals surface area contributed by atoms with Crippen molar-refractivity contribution in [1.82, 2.24) is 9.88 Å². The second kappa shape index (κ2) is 5.29. The van der Waals surface area contributed by atoms with Crippen LogP contribution >= 0.6 is 11.6 Å². The van der Waals surface area contributed by atoms with Gasteiger partial charge in [-0.05, 0) is 30.3 Å². The first-order valence-electron chi connectivity index (χ1n) is 6.70. The number of piperazine rings is 1. The summed E-state index contributed by atoms with van der Waals surface area (Å²) in [5.41, 5.74) is 0.945. The van der Waals surface area contributed by atoms with Crippen molar-refractivity contribution in [2.45, 2.75) is 6.92 Å². The molecule has 0 spiro atoms. The first kappa shape index (κ1) is 13.2. The van der Waals surface area contributed by atoms with Crippen LogP contribution in [0.2, 0.25) is 5.02 Å². The number of aromatic nitrogens is 1. The molecule has 5 heteroatoms. The molecule has 0 N–H and O–H groups in total. The van der Waals surface area contributed by atoms with Crippen LogP contribution in [0.3, 0.4) is 0 Å². The van der Waals surface area contributed by atoms with Crippen LogP contribution in [-0.4, -0.2) is 42.0 Å². The number of fused-ring (bicyclic) bond motifs is 1. The molecule has 2 heterocycles. The van der Waals surface area contributed by atoms with Crippen LogP contribution in [0.25, 0.3) is 10.9 Å². The van der Waals surface area contributed by atoms with Gasteiger partial charge in [-0.15, -0.1) is 0 Å². The van der Waals surface area contributed by atoms with Crippen LogP contribution in [0.15, 0.2) is 30.3 Å². The van der Waals surface area contributed by atoms with Gasteiger partial charge in [-0.3, -0.25) is 4.79 Å². The number of benzene rings is 1. The molecule has 0 saturated carbocycles. The summed E-state index contributed by atoms with van der Waals surface area (Å²) in [6.07, 6.45) is 0. The average molecular weight is 290 g/mol. The van der Waals surface area contributed by atoms with Crippen molar-refractivity contribution in [3.63, 3.8) is 0 Å². The predicted octanol–water partition coefficient (Wildman–Crippen LogP) is 2.56. The van der Waals surface area contributed by atoms with E-state index in [4.69, 9.17) is 11.6 Å². The summed E-state index contributed by atoms with van der Waals surface area (Å²) >= 11 is 5.98. The Morgan fingerprint density at radius 1 is 1.15 bits per heavy atom. The Hall–Kier alpha value is -1.81. The van der Waals surface area contributed by atoms with Crippen molar-refractivity contribution in [2.24, 2.45) is 0 Å². The van der Waals surface area contributed by atoms with E-state index in [2.05, 4.69) is 9.88 Å². The van der Waals surface area contributed by atoms with Gasteiger partial charge < -0.3 is 9.80 Å². The molecule has 1 fully saturated rings. The second-order valence-corrected chi connectivity index (χ2v) is 5.44. The number of amides is 1. The van der Waals surface area contributed by atoms with Crippen LogP contribution in [-0.2, 0) is 4.79 Å². The SMILES string of the molecule is CC(=O)N1CCN(c2ccc3cc(Cl)ccc3n2)CC1. The van der Waals surface area contributed by atoms with E-state index in [0.29, 0.717) is 0 Å². The molecule has 0 bridgehead atoms. The molecular weight excluding hydrogens is 274 g/mol. The molecule has 20 heavy (non-hydrogen) atoms. The Labute approximate surface area is 123 Å². The van der Waals surface area contributed by atoms with Gasteiger partial charge in [0.15, 0.2) is 0 Å². The van der Waals surface area contributed by atoms with Gasteiger partial charge in [0.2, 0.25) is 5.91 Å². The number of nitrogens with zero attached hydrogens (tertiary/aromatic N) is 3. The van der Waals surface area contributed by atoms with Crippen molar-refractivity contribution >= 4 is 34.2 Å². The van der Waals surface area contributed by atoms with Crippen LogP contribution < -0.4 is 4.90 Å². The van der Waals surface area contributed by atoms with Gasteiger partial charge in [0, 0.05) is 43.5 Å². The lowest BCUT2D eigenvalue weighted by Gasteiger charge is -2.35. The van der Waals surface area contributed by atoms with Gasteiger partial charge in [0.1, 0.15) is 5.82 Å². The normalized spacial score (nSPS) is 15.7. The zero-order chi connectivity index (χ0) is 14.1. The molecule has 1 saturated heterocycles. The van der Waals surface area contributed by atoms with E-state index >= 15 is 0 Å². The Bertz CT molecular complexity index is 651. The number of carbonyl (C=O) groups is 1. The van der Waals surface area contributed by atoms with Gasteiger partial charge in [-0.25, -0.2) is 4.98 Å². The highest BCUT2D eigenvalue weighted by Crippen LogP contribution is 2.22. The molecule has 1 aromatic heterocycles. The lowest BCUT2D eigenvalue weighted by molar-refractivity contribution is -0.129. The summed E-state index contributed by atoms with van der Waals surface area (Å²) in [6.45, 7) is 4.79. The van der Waals surface area contributed by atoms with Crippen molar-refractivity contribution in [1.29, 1.82) is 0 Å². The highest BCUT2D eigenvalue weighted by Gasteiger charge is 2.19. The molecule has 0 aliphatic carbocycles. The standard InChI is InChI=1S/C15H16ClN3O/c1-11(20)18-6-8-19(9-7-18)15-5-2-12-10-13(16)3-4-14(12)17-15/h2-5,10H,6-9H2,1H3. The number of halogens is 1. The number of hydrogen-bond acceptors (Lipinski definition) is 3. The summed E-state index contributed by atoms with van der Waals surface area (Å²) in [5.74, 6) is 1.11. The van der Waals surface area contributed by atoms with Crippen LogP contribution in [0.4, 0.5) is 5.82 Å². The third kappa shape index (κ3) is 2.56. The summed E-state index contributed by atoms with van der Waals surface area (Å²) in [5, 5.41) is 1.77. The third-order valence-corrected chi connectivity index (χ3v) is 3.92. The van der Waals surface area contributed by atoms with Crippen molar-refractivity contribution in [3.05, 3.63) is 35.4 Å². The van der Waals surface area contributed by atoms with Crippen molar-refractivity contribution < 1.29 is 4.79 Å². The van der Waals surface area contributed by atoms with Crippen LogP contribution in [0.5, 0.6) is 0 Å². The van der Waals surface area contributed by atoms with E-state index in [1.54, 1.807) is 6.92 Å². The van der Waals surface area contributed by atoms with Crippen molar-refractivity contribution in [3.8, 4) is 0 Å². The predicted molar refractivity (Wildman–Crippen MR) is 81.2 cm³/mol. The van der Waals surface area contributed by atoms with Gasteiger partial charge in [-0.1, -0.05) is 11.6 Å². The molecule has 1 aromatic carbocycles. The molecule has 104 valence electrons. The zero-order valence-corrected chi connectivity index (χ0v) is 12.1. The minimum absolute atomic E-state index is 0.144. The first-order chi connectivity index (χ1) is 9.63. The third-order valence-electron chi connectivity index (χ3n) is 3.69. The molecule has 4 nitrogen and oxygen atoms in total. The maximum atomic E-state index is 11.3. The molecule has 1 aliphatic rings. The van der Waals surface area contributed by atoms with E-state index in [9.17, 15) is 4.79 Å². The maximum Gasteiger partial charge on any atom is 0.219 e. The van der Waals surface area contributed by atoms with Crippen LogP contribution in [0, 0.1) is 0 Å². The fourth-order valence-electron chi connectivity index (χ4n) is 2.51. The summed E-state index contributed by atoms with van der Waals surface area (Å²) in [7, 11) is 0. The quantitative estimate of drug-likeness (QED) is 0.809. The van der Waals surface area contributed by atoms with Gasteiger partial charge >= 0.3 is 0 Å². The zero-order valence-electron chi connectivity index (χ0n) is 11.3. The molecule has 3 rings (SSSR count). The Balaban J connectivity index is 1.81. The Morgan fingerprint density at radius 3 is 2.60 bits per heavy atom. The number of hydrogen-bond donors (Lipinski definition) is 0. The smallest absolute Gasteiger partial charge is 0.219 e. The highest BCUT2D eigenvalue weighted by atomic mass is 35.5. The monoisotopic (exact) mass is 289 g/mol. The van der Waals surface area contributed by atoms with E-state index in [1.807, 2.05) is 35.2 Å². The second-order valence-electron chi connectivity index (χ2n) is 5.00. The minimum atomic E-state index is 0.144. The number of anilines is 1. The Kier molecular flexibility index (Phi) is 3.49. The number of carbonyl (C=O) groups excluding carboxylic acids is 1. The minimum Gasteiger partial charge on any atom is -0.353 e. The largest absolute Gasteiger partial charge is 0.353 e. The molecule has 2 aromatic rings. The van der Waals surface area contributed by atoms with Gasteiger partial charge in [-0.2, -0.15) is 0 Å². The van der Waals surface area contributed by atoms with E-state index in [-0.39, 0.29) is 5.91 Å². The van der Waals surface area contributed by atoms with E-state index in [0.717, 1.165) is 47.9 Å². The lowest BCUT2D eigenvalue weighted by atomic mass is 10.2. The number of pyridine rings is 1. The molecule has 0 radical (unpaired) electrons. The summed E-state index contributed by atoms with van der Waals surface area (Å²) < 4.78 is 0. The summed E-state index contributed by atoms with van der Waals surface area (Å²) in [4.78, 5) is 20.1. The molecular formula is C15H16ClN3O. The average Bonchev–Trinajstić information content (AvgIpc) is 2.47. The molecule has 0 atom stereocenters. The Morgan fingerprint density at radius 2 is 1.90 bits per heavy atom. The van der Waals surface area contributed by atoms with E-state index < -0.39 is 0 Å². The summed E-state index contributed by atoms with van der Waals surface area (Å²) in [6, 6.07) is 9.77. The van der Waals surface area contributed by atoms with Crippen LogP contribution in [0.1, 0.15) is 6.92 Å². The molecule has 0 unspecified atom stereocenters. The topological polar surface area (TPSA) is 36.4 Å². The van der Waals surface area contributed by atoms with E-state index in [1.165, 1.54) is 0 Å². The fraction of sp³-hybridized carbons (Fsp3) is 0.333. The molecule has 1 aliphatic heterocycles. The van der Waals surface area contributed by atoms with Crippen molar-refractivity contribution in [2.75, 3.05) is 31.1 Å². The van der Waals surface area contributed by atoms with Gasteiger partial charge in [0.05, 0.1) is 5.52 Å². The highest BCUT2D eigenvalue weighted by molar-refractivity contribution is 6.31. The first-order valence-corrected chi connectivity index (χ1v) is 7.08.